The first-order valence-corrected chi connectivity index (χ1v) is 20.8. The fourth-order valence-corrected chi connectivity index (χ4v) is 9.06. The van der Waals surface area contributed by atoms with Crippen LogP contribution in [0.1, 0.15) is 29.0 Å². The molecule has 0 bridgehead atoms. The molecule has 2 nitrogen and oxygen atoms in total. The van der Waals surface area contributed by atoms with E-state index in [1.165, 1.54) is 44.3 Å². The van der Waals surface area contributed by atoms with E-state index in [1.54, 1.807) is 0 Å². The molecule has 1 atom stereocenters. The summed E-state index contributed by atoms with van der Waals surface area (Å²) in [6.07, 6.45) is 5.76. The van der Waals surface area contributed by atoms with Crippen LogP contribution in [-0.2, 0) is 0 Å². The van der Waals surface area contributed by atoms with Gasteiger partial charge >= 0.3 is 0 Å². The van der Waals surface area contributed by atoms with E-state index in [4.69, 9.17) is 4.42 Å². The molecule has 1 aromatic heterocycles. The average molecular weight is 768 g/mol. The Bertz CT molecular complexity index is 3190. The quantitative estimate of drug-likeness (QED) is 0.153. The van der Waals surface area contributed by atoms with Gasteiger partial charge in [0.2, 0.25) is 0 Å². The minimum atomic E-state index is 0.307. The maximum atomic E-state index is 6.52. The van der Waals surface area contributed by atoms with Gasteiger partial charge in [-0.3, -0.25) is 0 Å². The predicted molar refractivity (Wildman–Crippen MR) is 253 cm³/mol. The highest BCUT2D eigenvalue weighted by Crippen LogP contribution is 2.45. The molecular formula is C58H41NO. The van der Waals surface area contributed by atoms with Crippen molar-refractivity contribution in [2.24, 2.45) is 0 Å². The van der Waals surface area contributed by atoms with E-state index < -0.39 is 0 Å². The van der Waals surface area contributed by atoms with Crippen molar-refractivity contribution in [1.82, 2.24) is 0 Å². The van der Waals surface area contributed by atoms with Crippen LogP contribution < -0.4 is 4.90 Å². The SMILES string of the molecule is C1=C(c2ccc(N(c3ccc(-c4ccccc4)cc3)c3ccccc3-c3ccc4oc5c6ccccc6ccc5c4c3)cc2)C=C(c2ccccc2)C(c2ccccc2)C1. The molecule has 0 saturated carbocycles. The molecule has 0 amide bonds. The maximum absolute atomic E-state index is 6.52. The third-order valence-electron chi connectivity index (χ3n) is 12.1. The third-order valence-corrected chi connectivity index (χ3v) is 12.1. The van der Waals surface area contributed by atoms with Gasteiger partial charge in [-0.15, -0.1) is 0 Å². The monoisotopic (exact) mass is 767 g/mol. The van der Waals surface area contributed by atoms with E-state index in [0.717, 1.165) is 61.9 Å². The molecule has 0 N–H and O–H groups in total. The van der Waals surface area contributed by atoms with Gasteiger partial charge in [-0.1, -0.05) is 182 Å². The maximum Gasteiger partial charge on any atom is 0.143 e. The molecule has 2 heteroatoms. The summed E-state index contributed by atoms with van der Waals surface area (Å²) in [5.74, 6) is 0.307. The Morgan fingerprint density at radius 1 is 0.433 bits per heavy atom. The molecule has 1 heterocycles. The molecule has 0 saturated heterocycles. The van der Waals surface area contributed by atoms with Gasteiger partial charge in [0, 0.05) is 39.0 Å². The molecule has 0 aliphatic heterocycles. The summed E-state index contributed by atoms with van der Waals surface area (Å²) in [4.78, 5) is 2.39. The number of hydrogen-bond acceptors (Lipinski definition) is 2. The topological polar surface area (TPSA) is 16.4 Å². The Hall–Kier alpha value is -7.68. The van der Waals surface area contributed by atoms with E-state index >= 15 is 0 Å². The molecule has 11 rings (SSSR count). The Morgan fingerprint density at radius 3 is 1.78 bits per heavy atom. The average Bonchev–Trinajstić information content (AvgIpc) is 3.72. The predicted octanol–water partition coefficient (Wildman–Crippen LogP) is 16.2. The molecule has 0 spiro atoms. The van der Waals surface area contributed by atoms with Crippen LogP contribution in [0.4, 0.5) is 17.1 Å². The Morgan fingerprint density at radius 2 is 1.03 bits per heavy atom. The van der Waals surface area contributed by atoms with Gasteiger partial charge in [-0.05, 0) is 105 Å². The van der Waals surface area contributed by atoms with Crippen LogP contribution in [0.15, 0.2) is 235 Å². The molecule has 1 aliphatic rings. The lowest BCUT2D eigenvalue weighted by Crippen LogP contribution is -2.11. The van der Waals surface area contributed by atoms with Crippen molar-refractivity contribution in [3.8, 4) is 22.3 Å². The van der Waals surface area contributed by atoms with E-state index in [-0.39, 0.29) is 0 Å². The zero-order valence-corrected chi connectivity index (χ0v) is 33.1. The number of allylic oxidation sites excluding steroid dienone is 4. The van der Waals surface area contributed by atoms with Gasteiger partial charge in [0.25, 0.3) is 0 Å². The van der Waals surface area contributed by atoms with Crippen LogP contribution >= 0.6 is 0 Å². The number of nitrogens with zero attached hydrogens (tertiary/aromatic N) is 1. The second-order valence-corrected chi connectivity index (χ2v) is 15.6. The van der Waals surface area contributed by atoms with E-state index in [9.17, 15) is 0 Å². The van der Waals surface area contributed by atoms with Crippen molar-refractivity contribution in [1.29, 1.82) is 0 Å². The minimum Gasteiger partial charge on any atom is -0.455 e. The third kappa shape index (κ3) is 6.49. The number of rotatable bonds is 8. The summed E-state index contributed by atoms with van der Waals surface area (Å²) in [7, 11) is 0. The van der Waals surface area contributed by atoms with Crippen LogP contribution in [0.25, 0.3) is 66.1 Å². The van der Waals surface area contributed by atoms with Gasteiger partial charge < -0.3 is 9.32 Å². The first kappa shape index (κ1) is 35.5. The second-order valence-electron chi connectivity index (χ2n) is 15.6. The molecule has 60 heavy (non-hydrogen) atoms. The summed E-state index contributed by atoms with van der Waals surface area (Å²) >= 11 is 0. The summed E-state index contributed by atoms with van der Waals surface area (Å²) in [5.41, 5.74) is 16.2. The number of furan rings is 1. The van der Waals surface area contributed by atoms with Crippen molar-refractivity contribution >= 4 is 60.9 Å². The molecule has 10 aromatic rings. The Balaban J connectivity index is 1.01. The summed E-state index contributed by atoms with van der Waals surface area (Å²) < 4.78 is 6.52. The van der Waals surface area contributed by atoms with Crippen LogP contribution in [0.2, 0.25) is 0 Å². The number of hydrogen-bond donors (Lipinski definition) is 0. The fraction of sp³-hybridized carbons (Fsp3) is 0.0345. The molecule has 0 radical (unpaired) electrons. The van der Waals surface area contributed by atoms with Crippen LogP contribution in [0.5, 0.6) is 0 Å². The second kappa shape index (κ2) is 15.2. The Kier molecular flexibility index (Phi) is 9.02. The highest BCUT2D eigenvalue weighted by molar-refractivity contribution is 6.15. The number of fused-ring (bicyclic) bond motifs is 5. The lowest BCUT2D eigenvalue weighted by atomic mass is 9.79. The first-order chi connectivity index (χ1) is 29.7. The van der Waals surface area contributed by atoms with Crippen molar-refractivity contribution in [2.45, 2.75) is 12.3 Å². The van der Waals surface area contributed by atoms with Crippen LogP contribution in [0, 0.1) is 0 Å². The number of benzene rings is 9. The van der Waals surface area contributed by atoms with E-state index in [2.05, 4.69) is 235 Å². The van der Waals surface area contributed by atoms with Gasteiger partial charge in [0.05, 0.1) is 5.69 Å². The van der Waals surface area contributed by atoms with Crippen molar-refractivity contribution in [3.05, 3.63) is 247 Å². The van der Waals surface area contributed by atoms with E-state index in [1.807, 2.05) is 0 Å². The van der Waals surface area contributed by atoms with Crippen LogP contribution in [-0.4, -0.2) is 0 Å². The normalized spacial score (nSPS) is 14.0. The zero-order valence-electron chi connectivity index (χ0n) is 33.1. The highest BCUT2D eigenvalue weighted by atomic mass is 16.3. The lowest BCUT2D eigenvalue weighted by molar-refractivity contribution is 0.672. The lowest BCUT2D eigenvalue weighted by Gasteiger charge is -2.28. The number of para-hydroxylation sites is 1. The van der Waals surface area contributed by atoms with Crippen molar-refractivity contribution < 1.29 is 4.42 Å². The summed E-state index contributed by atoms with van der Waals surface area (Å²) in [5, 5.41) is 4.56. The molecule has 0 fully saturated rings. The molecular weight excluding hydrogens is 727 g/mol. The van der Waals surface area contributed by atoms with E-state index in [0.29, 0.717) is 5.92 Å². The number of anilines is 3. The zero-order chi connectivity index (χ0) is 39.8. The summed E-state index contributed by atoms with van der Waals surface area (Å²) in [6, 6.07) is 78.6. The summed E-state index contributed by atoms with van der Waals surface area (Å²) in [6.45, 7) is 0. The van der Waals surface area contributed by atoms with Gasteiger partial charge in [0.1, 0.15) is 11.2 Å². The minimum absolute atomic E-state index is 0.307. The van der Waals surface area contributed by atoms with Crippen molar-refractivity contribution in [3.63, 3.8) is 0 Å². The molecule has 284 valence electrons. The highest BCUT2D eigenvalue weighted by Gasteiger charge is 2.23. The molecule has 1 unspecified atom stereocenters. The molecule has 1 aliphatic carbocycles. The van der Waals surface area contributed by atoms with Gasteiger partial charge in [-0.2, -0.15) is 0 Å². The van der Waals surface area contributed by atoms with Crippen LogP contribution in [0.3, 0.4) is 0 Å². The smallest absolute Gasteiger partial charge is 0.143 e. The van der Waals surface area contributed by atoms with Gasteiger partial charge in [-0.25, -0.2) is 0 Å². The fourth-order valence-electron chi connectivity index (χ4n) is 9.06. The largest absolute Gasteiger partial charge is 0.455 e. The van der Waals surface area contributed by atoms with Gasteiger partial charge in [0.15, 0.2) is 0 Å². The first-order valence-electron chi connectivity index (χ1n) is 20.8. The van der Waals surface area contributed by atoms with Crippen molar-refractivity contribution in [2.75, 3.05) is 4.90 Å². The Labute approximate surface area is 350 Å². The molecule has 9 aromatic carbocycles. The standard InChI is InChI=1S/C58H41NO/c1-4-14-40(15-5-1)41-24-31-48(32-25-41)59(49-33-26-42(27-34-49)46-29-35-50(43-16-6-2-7-17-43)54(38-46)44-18-8-3-9-19-44)56-23-13-12-21-51(56)47-30-37-57-55(39-47)53-36-28-45-20-10-11-22-52(45)58(53)60-57/h1-34,36-39,50H,35H2.